The Kier molecular flexibility index (Phi) is 7.77. The fourth-order valence-electron chi connectivity index (χ4n) is 5.92. The van der Waals surface area contributed by atoms with Crippen LogP contribution in [0, 0.1) is 5.41 Å². The first kappa shape index (κ1) is 26.9. The number of amides is 2. The molecular weight excluding hydrogens is 474 g/mol. The predicted molar refractivity (Wildman–Crippen MR) is 139 cm³/mol. The van der Waals surface area contributed by atoms with E-state index in [1.807, 2.05) is 32.9 Å². The van der Waals surface area contributed by atoms with Crippen molar-refractivity contribution < 1.29 is 19.1 Å². The van der Waals surface area contributed by atoms with Crippen molar-refractivity contribution in [1.82, 2.24) is 9.80 Å². The molecule has 4 rings (SSSR count). The number of nitrogens with two attached hydrogens (primary N) is 1. The summed E-state index contributed by atoms with van der Waals surface area (Å²) in [6, 6.07) is 4.05. The minimum atomic E-state index is -0.806. The first-order valence-corrected chi connectivity index (χ1v) is 13.0. The Hall–Kier alpha value is -3.14. The fraction of sp³-hybridized carbons (Fsp3) is 0.654. The normalized spacial score (nSPS) is 25.1. The molecule has 4 atom stereocenters. The summed E-state index contributed by atoms with van der Waals surface area (Å²) in [5.41, 5.74) is 16.0. The smallest absolute Gasteiger partial charge is 0.249 e. The highest BCUT2D eigenvalue weighted by atomic mass is 16.5. The van der Waals surface area contributed by atoms with E-state index in [9.17, 15) is 14.4 Å². The molecule has 3 aliphatic rings. The monoisotopic (exact) mass is 511 g/mol. The van der Waals surface area contributed by atoms with Crippen molar-refractivity contribution in [2.45, 2.75) is 58.2 Å². The Morgan fingerprint density at radius 1 is 1.24 bits per heavy atom. The molecule has 0 unspecified atom stereocenters. The maximum atomic E-state index is 14.2. The van der Waals surface area contributed by atoms with Crippen molar-refractivity contribution in [3.05, 3.63) is 39.8 Å². The molecule has 3 aliphatic heterocycles. The van der Waals surface area contributed by atoms with E-state index < -0.39 is 35.4 Å². The average molecular weight is 512 g/mol. The quantitative estimate of drug-likeness (QED) is 0.338. The lowest BCUT2D eigenvalue weighted by Crippen LogP contribution is -2.47. The van der Waals surface area contributed by atoms with E-state index in [2.05, 4.69) is 26.7 Å². The SMILES string of the molecule is CCCN1CCN(c2ccc(C(N)=O)c([C@@H](C(=O)N3C[C@H](N=[N+]=[N-])[C@H]4OCC(=O)[C@H]43)C(C)(C)C)c2)CC1. The number of hydrogen-bond donors (Lipinski definition) is 1. The molecule has 3 saturated heterocycles. The highest BCUT2D eigenvalue weighted by molar-refractivity contribution is 5.99. The van der Waals surface area contributed by atoms with Crippen molar-refractivity contribution in [3.8, 4) is 0 Å². The number of ether oxygens (including phenoxy) is 1. The zero-order chi connectivity index (χ0) is 26.9. The number of rotatable bonds is 7. The summed E-state index contributed by atoms with van der Waals surface area (Å²) in [6.07, 6.45) is 0.452. The highest BCUT2D eigenvalue weighted by Crippen LogP contribution is 2.42. The van der Waals surface area contributed by atoms with E-state index in [0.29, 0.717) is 5.56 Å². The third-order valence-corrected chi connectivity index (χ3v) is 7.64. The van der Waals surface area contributed by atoms with Crippen LogP contribution in [0.1, 0.15) is 56.0 Å². The molecule has 1 aromatic carbocycles. The molecule has 11 nitrogen and oxygen atoms in total. The molecule has 200 valence electrons. The summed E-state index contributed by atoms with van der Waals surface area (Å²) in [4.78, 5) is 48.5. The molecular formula is C26H37N7O4. The first-order valence-electron chi connectivity index (χ1n) is 13.0. The first-order chi connectivity index (χ1) is 17.6. The van der Waals surface area contributed by atoms with Gasteiger partial charge in [-0.15, -0.1) is 0 Å². The van der Waals surface area contributed by atoms with Crippen LogP contribution in [0.5, 0.6) is 0 Å². The topological polar surface area (TPSA) is 145 Å². The third-order valence-electron chi connectivity index (χ3n) is 7.64. The summed E-state index contributed by atoms with van der Waals surface area (Å²) < 4.78 is 5.60. The van der Waals surface area contributed by atoms with Crippen molar-refractivity contribution >= 4 is 23.3 Å². The van der Waals surface area contributed by atoms with Gasteiger partial charge in [0, 0.05) is 48.9 Å². The number of carbonyl (C=O) groups excluding carboxylic acids is 3. The minimum absolute atomic E-state index is 0.0849. The molecule has 0 aromatic heterocycles. The van der Waals surface area contributed by atoms with E-state index in [0.717, 1.165) is 44.8 Å². The molecule has 3 heterocycles. The van der Waals surface area contributed by atoms with Crippen LogP contribution in [0.4, 0.5) is 5.69 Å². The van der Waals surface area contributed by atoms with Gasteiger partial charge in [0.25, 0.3) is 0 Å². The van der Waals surface area contributed by atoms with Crippen molar-refractivity contribution in [1.29, 1.82) is 0 Å². The summed E-state index contributed by atoms with van der Waals surface area (Å²) in [7, 11) is 0. The molecule has 2 amide bonds. The number of Topliss-reactive ketones (excluding diaryl/α,β-unsaturated/α-hetero) is 1. The Bertz CT molecular complexity index is 1100. The lowest BCUT2D eigenvalue weighted by Gasteiger charge is -2.38. The molecule has 11 heteroatoms. The summed E-state index contributed by atoms with van der Waals surface area (Å²) in [5.74, 6) is -1.88. The van der Waals surface area contributed by atoms with Crippen LogP contribution in [0.15, 0.2) is 23.3 Å². The lowest BCUT2D eigenvalue weighted by molar-refractivity contribution is -0.139. The van der Waals surface area contributed by atoms with Gasteiger partial charge in [0.2, 0.25) is 11.8 Å². The maximum absolute atomic E-state index is 14.2. The van der Waals surface area contributed by atoms with Gasteiger partial charge >= 0.3 is 0 Å². The zero-order valence-corrected chi connectivity index (χ0v) is 22.1. The van der Waals surface area contributed by atoms with E-state index >= 15 is 0 Å². The van der Waals surface area contributed by atoms with Crippen LogP contribution in [-0.2, 0) is 14.3 Å². The molecule has 0 bridgehead atoms. The van der Waals surface area contributed by atoms with E-state index in [1.165, 1.54) is 4.90 Å². The van der Waals surface area contributed by atoms with Crippen LogP contribution < -0.4 is 10.6 Å². The van der Waals surface area contributed by atoms with Crippen molar-refractivity contribution in [3.63, 3.8) is 0 Å². The van der Waals surface area contributed by atoms with Gasteiger partial charge in [-0.25, -0.2) is 0 Å². The van der Waals surface area contributed by atoms with Crippen LogP contribution in [0.3, 0.4) is 0 Å². The number of carbonyl (C=O) groups is 3. The van der Waals surface area contributed by atoms with Gasteiger partial charge in [-0.05, 0) is 47.7 Å². The molecule has 0 spiro atoms. The molecule has 1 aromatic rings. The van der Waals surface area contributed by atoms with Crippen LogP contribution in [0.25, 0.3) is 10.4 Å². The number of benzene rings is 1. The maximum Gasteiger partial charge on any atom is 0.249 e. The Morgan fingerprint density at radius 2 is 1.95 bits per heavy atom. The van der Waals surface area contributed by atoms with Gasteiger partial charge in [0.15, 0.2) is 5.78 Å². The van der Waals surface area contributed by atoms with Gasteiger partial charge in [-0.3, -0.25) is 19.3 Å². The van der Waals surface area contributed by atoms with Crippen LogP contribution in [0.2, 0.25) is 0 Å². The van der Waals surface area contributed by atoms with E-state index in [-0.39, 0.29) is 30.4 Å². The average Bonchev–Trinajstić information content (AvgIpc) is 3.40. The number of ketones is 1. The van der Waals surface area contributed by atoms with Crippen molar-refractivity contribution in [2.75, 3.05) is 50.8 Å². The number of fused-ring (bicyclic) bond motifs is 1. The van der Waals surface area contributed by atoms with E-state index in [1.54, 1.807) is 6.07 Å². The molecule has 0 radical (unpaired) electrons. The van der Waals surface area contributed by atoms with Gasteiger partial charge in [-0.2, -0.15) is 0 Å². The minimum Gasteiger partial charge on any atom is -0.369 e. The largest absolute Gasteiger partial charge is 0.369 e. The summed E-state index contributed by atoms with van der Waals surface area (Å²) in [6.45, 7) is 12.6. The van der Waals surface area contributed by atoms with Gasteiger partial charge < -0.3 is 20.3 Å². The molecule has 2 N–H and O–H groups in total. The number of likely N-dealkylation sites (tertiary alicyclic amines) is 1. The number of nitrogens with zero attached hydrogens (tertiary/aromatic N) is 6. The van der Waals surface area contributed by atoms with Gasteiger partial charge in [0.1, 0.15) is 12.6 Å². The van der Waals surface area contributed by atoms with E-state index in [4.69, 9.17) is 16.0 Å². The standard InChI is InChI=1S/C26H37N7O4/c1-5-8-31-9-11-32(12-10-31)16-6-7-17(24(27)35)18(13-16)21(26(2,3)4)25(36)33-14-19(29-30-28)23-22(33)20(34)15-37-23/h6-7,13,19,21-23H,5,8-12,14-15H2,1-4H3,(H2,27,35)/t19-,21-,22+,23+/m0/s1. The van der Waals surface area contributed by atoms with Crippen LogP contribution >= 0.6 is 0 Å². The molecule has 3 fully saturated rings. The van der Waals surface area contributed by atoms with Gasteiger partial charge in [0.05, 0.1) is 18.1 Å². The Morgan fingerprint density at radius 3 is 2.54 bits per heavy atom. The number of primary amides is 1. The second-order valence-corrected chi connectivity index (χ2v) is 11.2. The number of anilines is 1. The zero-order valence-electron chi connectivity index (χ0n) is 22.1. The predicted octanol–water partition coefficient (Wildman–Crippen LogP) is 2.30. The molecule has 37 heavy (non-hydrogen) atoms. The third kappa shape index (κ3) is 5.30. The Balaban J connectivity index is 1.71. The van der Waals surface area contributed by atoms with Crippen molar-refractivity contribution in [2.24, 2.45) is 16.3 Å². The summed E-state index contributed by atoms with van der Waals surface area (Å²) in [5, 5.41) is 3.79. The highest BCUT2D eigenvalue weighted by Gasteiger charge is 2.54. The number of azide groups is 1. The second-order valence-electron chi connectivity index (χ2n) is 11.2. The molecule has 0 aliphatic carbocycles. The number of piperazine rings is 1. The Labute approximate surface area is 217 Å². The van der Waals surface area contributed by atoms with Crippen LogP contribution in [-0.4, -0.2) is 91.5 Å². The second kappa shape index (κ2) is 10.7. The fourth-order valence-corrected chi connectivity index (χ4v) is 5.92. The number of hydrogen-bond acceptors (Lipinski definition) is 7. The lowest BCUT2D eigenvalue weighted by atomic mass is 9.73. The summed E-state index contributed by atoms with van der Waals surface area (Å²) >= 11 is 0. The van der Waals surface area contributed by atoms with Gasteiger partial charge in [-0.1, -0.05) is 32.8 Å². The molecule has 0 saturated carbocycles.